The fourth-order valence-electron chi connectivity index (χ4n) is 1.50. The van der Waals surface area contributed by atoms with Crippen molar-refractivity contribution in [2.45, 2.75) is 94.4 Å². The van der Waals surface area contributed by atoms with Crippen molar-refractivity contribution in [2.24, 2.45) is 0 Å². The average molecular weight is 336 g/mol. The van der Waals surface area contributed by atoms with E-state index in [-0.39, 0.29) is 14.9 Å². The van der Waals surface area contributed by atoms with Gasteiger partial charge >= 0.3 is 0 Å². The molecule has 0 aliphatic heterocycles. The van der Waals surface area contributed by atoms with Gasteiger partial charge in [0.1, 0.15) is 6.67 Å². The van der Waals surface area contributed by atoms with Gasteiger partial charge in [0.05, 0.1) is 46.3 Å². The molecular weight excluding hydrogens is 282 g/mol. The van der Waals surface area contributed by atoms with Gasteiger partial charge in [-0.3, -0.25) is 4.90 Å². The normalized spacial score (nSPS) is 12.3. The minimum atomic E-state index is 0. The third-order valence-corrected chi connectivity index (χ3v) is 5.53. The van der Waals surface area contributed by atoms with Crippen LogP contribution < -0.4 is 0 Å². The lowest BCUT2D eigenvalue weighted by Gasteiger charge is -2.38. The van der Waals surface area contributed by atoms with Crippen LogP contribution in [0, 0.1) is 0 Å². The summed E-state index contributed by atoms with van der Waals surface area (Å²) in [4.78, 5) is 2.39. The molecule has 0 aromatic rings. The smallest absolute Gasteiger partial charge is 0.134 e. The van der Waals surface area contributed by atoms with E-state index in [1.165, 1.54) is 0 Å². The van der Waals surface area contributed by atoms with Gasteiger partial charge in [-0.05, 0) is 62.4 Å². The molecule has 0 aromatic carbocycles. The quantitative estimate of drug-likeness (QED) is 0.492. The maximum atomic E-state index is 2.39. The average Bonchev–Trinajstić information content (AvgIpc) is 2.28. The standard InChI is InChI=1S/C10H25N2.C8H20N.2CH4/c1-9(2)11(5)8-12(6,7)10(3)4;1-7(2)9(5,6)8(3)4;;/h9-10H,8H2,1-7H3;7-8H,1-6H3;2*1H4/q2*+1;;. The zero-order chi connectivity index (χ0) is 17.6. The second kappa shape index (κ2) is 12.3. The molecule has 0 atom stereocenters. The van der Waals surface area contributed by atoms with Gasteiger partial charge in [0.15, 0.2) is 0 Å². The highest BCUT2D eigenvalue weighted by Crippen LogP contribution is 2.10. The van der Waals surface area contributed by atoms with E-state index in [0.29, 0.717) is 12.1 Å². The van der Waals surface area contributed by atoms with Gasteiger partial charge in [0, 0.05) is 6.04 Å². The minimum absolute atomic E-state index is 0. The molecule has 0 amide bonds. The lowest BCUT2D eigenvalue weighted by molar-refractivity contribution is -0.931. The fraction of sp³-hybridized carbons (Fsp3) is 1.00. The number of hydrogen-bond donors (Lipinski definition) is 0. The lowest BCUT2D eigenvalue weighted by atomic mass is 10.2. The molecule has 0 bridgehead atoms. The molecule has 0 saturated heterocycles. The Kier molecular flexibility index (Phi) is 16.4. The highest BCUT2D eigenvalue weighted by Gasteiger charge is 2.23. The first-order valence-electron chi connectivity index (χ1n) is 8.52. The van der Waals surface area contributed by atoms with Gasteiger partial charge in [0.25, 0.3) is 0 Å². The predicted octanol–water partition coefficient (Wildman–Crippen LogP) is 4.92. The van der Waals surface area contributed by atoms with Crippen LogP contribution in [0.15, 0.2) is 0 Å². The molecule has 23 heavy (non-hydrogen) atoms. The highest BCUT2D eigenvalue weighted by atomic mass is 15.4. The molecule has 0 aliphatic carbocycles. The summed E-state index contributed by atoms with van der Waals surface area (Å²) in [5.74, 6) is 0. The van der Waals surface area contributed by atoms with Gasteiger partial charge in [0.2, 0.25) is 0 Å². The van der Waals surface area contributed by atoms with Gasteiger partial charge in [-0.1, -0.05) is 14.9 Å². The number of quaternary nitrogens is 2. The molecule has 0 N–H and O–H groups in total. The molecule has 0 heterocycles. The Morgan fingerprint density at radius 1 is 0.652 bits per heavy atom. The van der Waals surface area contributed by atoms with Gasteiger partial charge < -0.3 is 8.97 Å². The molecule has 0 rings (SSSR count). The first-order chi connectivity index (χ1) is 9.16. The fourth-order valence-corrected chi connectivity index (χ4v) is 1.50. The van der Waals surface area contributed by atoms with E-state index in [2.05, 4.69) is 95.5 Å². The monoisotopic (exact) mass is 335 g/mol. The van der Waals surface area contributed by atoms with Crippen LogP contribution in [0.3, 0.4) is 0 Å². The Bertz CT molecular complexity index is 256. The molecule has 0 fully saturated rings. The van der Waals surface area contributed by atoms with E-state index in [9.17, 15) is 0 Å². The van der Waals surface area contributed by atoms with Crippen molar-refractivity contribution in [3.63, 3.8) is 0 Å². The maximum absolute atomic E-state index is 2.39. The van der Waals surface area contributed by atoms with Crippen LogP contribution in [0.1, 0.15) is 70.2 Å². The SMILES string of the molecule is C.C.CC(C)N(C)C[N+](C)(C)C(C)C.CC(C)[N+](C)(C)C(C)C. The van der Waals surface area contributed by atoms with Crippen molar-refractivity contribution in [2.75, 3.05) is 41.9 Å². The molecule has 0 aromatic heterocycles. The number of nitrogens with zero attached hydrogens (tertiary/aromatic N) is 3. The van der Waals surface area contributed by atoms with E-state index < -0.39 is 0 Å². The van der Waals surface area contributed by atoms with Crippen molar-refractivity contribution < 1.29 is 8.97 Å². The predicted molar refractivity (Wildman–Crippen MR) is 111 cm³/mol. The number of hydrogen-bond acceptors (Lipinski definition) is 1. The molecule has 3 heteroatoms. The topological polar surface area (TPSA) is 3.24 Å². The van der Waals surface area contributed by atoms with Crippen LogP contribution in [0.4, 0.5) is 0 Å². The van der Waals surface area contributed by atoms with Crippen molar-refractivity contribution in [3.8, 4) is 0 Å². The Morgan fingerprint density at radius 3 is 1.09 bits per heavy atom. The molecule has 0 unspecified atom stereocenters. The molecule has 0 aliphatic rings. The van der Waals surface area contributed by atoms with E-state index in [0.717, 1.165) is 27.7 Å². The Hall–Kier alpha value is -0.120. The van der Waals surface area contributed by atoms with Crippen molar-refractivity contribution in [1.82, 2.24) is 4.90 Å². The van der Waals surface area contributed by atoms with Crippen molar-refractivity contribution >= 4 is 0 Å². The molecule has 0 saturated carbocycles. The summed E-state index contributed by atoms with van der Waals surface area (Å²) in [6.45, 7) is 19.2. The van der Waals surface area contributed by atoms with Crippen molar-refractivity contribution in [1.29, 1.82) is 0 Å². The zero-order valence-electron chi connectivity index (χ0n) is 17.4. The first-order valence-corrected chi connectivity index (χ1v) is 8.52. The minimum Gasteiger partial charge on any atom is -0.325 e. The third kappa shape index (κ3) is 12.0. The van der Waals surface area contributed by atoms with Crippen LogP contribution in [-0.2, 0) is 0 Å². The summed E-state index contributed by atoms with van der Waals surface area (Å²) < 4.78 is 2.18. The van der Waals surface area contributed by atoms with Gasteiger partial charge in [-0.25, -0.2) is 0 Å². The summed E-state index contributed by atoms with van der Waals surface area (Å²) in [7, 11) is 11.3. The molecule has 0 spiro atoms. The van der Waals surface area contributed by atoms with Gasteiger partial charge in [-0.2, -0.15) is 0 Å². The zero-order valence-corrected chi connectivity index (χ0v) is 17.4. The number of rotatable bonds is 6. The Morgan fingerprint density at radius 2 is 0.957 bits per heavy atom. The Balaban J connectivity index is -0.000000149. The van der Waals surface area contributed by atoms with Crippen LogP contribution in [0.5, 0.6) is 0 Å². The first kappa shape index (κ1) is 30.7. The molecular formula is C20H53N3+2. The van der Waals surface area contributed by atoms with Crippen LogP contribution >= 0.6 is 0 Å². The van der Waals surface area contributed by atoms with Crippen LogP contribution in [-0.4, -0.2) is 79.9 Å². The second-order valence-electron chi connectivity index (χ2n) is 8.68. The maximum Gasteiger partial charge on any atom is 0.134 e. The Labute approximate surface area is 150 Å². The lowest BCUT2D eigenvalue weighted by Crippen LogP contribution is -2.53. The molecule has 3 nitrogen and oxygen atoms in total. The van der Waals surface area contributed by atoms with Gasteiger partial charge in [-0.15, -0.1) is 0 Å². The summed E-state index contributed by atoms with van der Waals surface area (Å²) in [5.41, 5.74) is 0. The van der Waals surface area contributed by atoms with E-state index in [1.54, 1.807) is 0 Å². The van der Waals surface area contributed by atoms with E-state index in [1.807, 2.05) is 0 Å². The van der Waals surface area contributed by atoms with Crippen LogP contribution in [0.2, 0.25) is 0 Å². The second-order valence-corrected chi connectivity index (χ2v) is 8.68. The summed E-state index contributed by atoms with van der Waals surface area (Å²) in [6.07, 6.45) is 0. The third-order valence-electron chi connectivity index (χ3n) is 5.53. The van der Waals surface area contributed by atoms with E-state index >= 15 is 0 Å². The summed E-state index contributed by atoms with van der Waals surface area (Å²) in [6, 6.07) is 2.78. The largest absolute Gasteiger partial charge is 0.325 e. The molecule has 0 radical (unpaired) electrons. The molecule has 146 valence electrons. The summed E-state index contributed by atoms with van der Waals surface area (Å²) >= 11 is 0. The van der Waals surface area contributed by atoms with Crippen molar-refractivity contribution in [3.05, 3.63) is 0 Å². The van der Waals surface area contributed by atoms with E-state index in [4.69, 9.17) is 0 Å². The highest BCUT2D eigenvalue weighted by molar-refractivity contribution is 4.52. The van der Waals surface area contributed by atoms with Crippen LogP contribution in [0.25, 0.3) is 0 Å². The summed E-state index contributed by atoms with van der Waals surface area (Å²) in [5, 5.41) is 0.